The molecule has 3 rings (SSSR count). The maximum atomic E-state index is 12.6. The van der Waals surface area contributed by atoms with Crippen molar-refractivity contribution < 1.29 is 13.8 Å². The number of carbonyl (C=O) groups is 2. The predicted octanol–water partition coefficient (Wildman–Crippen LogP) is 0.756. The van der Waals surface area contributed by atoms with Crippen molar-refractivity contribution in [3.8, 4) is 0 Å². The van der Waals surface area contributed by atoms with E-state index >= 15 is 0 Å². The third kappa shape index (κ3) is 2.92. The van der Waals surface area contributed by atoms with Gasteiger partial charge in [-0.05, 0) is 30.4 Å². The number of benzene rings is 1. The number of fused-ring (bicyclic) bond motifs is 1. The summed E-state index contributed by atoms with van der Waals surface area (Å²) in [6.45, 7) is 0.900. The molecule has 0 bridgehead atoms. The van der Waals surface area contributed by atoms with Gasteiger partial charge in [-0.1, -0.05) is 24.3 Å². The summed E-state index contributed by atoms with van der Waals surface area (Å²) in [6.07, 6.45) is 2.37. The molecule has 1 aliphatic carbocycles. The van der Waals surface area contributed by atoms with Gasteiger partial charge in [0.05, 0.1) is 11.2 Å². The molecule has 1 aliphatic heterocycles. The van der Waals surface area contributed by atoms with Crippen LogP contribution >= 0.6 is 0 Å². The average Bonchev–Trinajstić information content (AvgIpc) is 3.14. The van der Waals surface area contributed by atoms with E-state index in [0.717, 1.165) is 18.4 Å². The molecule has 0 radical (unpaired) electrons. The van der Waals surface area contributed by atoms with E-state index in [1.807, 2.05) is 18.2 Å². The summed E-state index contributed by atoms with van der Waals surface area (Å²) in [5, 5.41) is -0.0466. The largest absolute Gasteiger partial charge is 0.369 e. The van der Waals surface area contributed by atoms with Crippen molar-refractivity contribution in [1.82, 2.24) is 4.90 Å². The number of hydrogen-bond acceptors (Lipinski definition) is 3. The van der Waals surface area contributed by atoms with E-state index in [2.05, 4.69) is 6.07 Å². The van der Waals surface area contributed by atoms with Crippen LogP contribution in [-0.4, -0.2) is 39.8 Å². The zero-order valence-electron chi connectivity index (χ0n) is 12.4. The van der Waals surface area contributed by atoms with Crippen LogP contribution in [0.1, 0.15) is 29.2 Å². The highest BCUT2D eigenvalue weighted by molar-refractivity contribution is 7.86. The summed E-state index contributed by atoms with van der Waals surface area (Å²) in [7, 11) is -1.21. The molecule has 118 valence electrons. The van der Waals surface area contributed by atoms with Crippen molar-refractivity contribution in [2.45, 2.75) is 24.5 Å². The van der Waals surface area contributed by atoms with Crippen LogP contribution in [0.5, 0.6) is 0 Å². The van der Waals surface area contributed by atoms with E-state index in [4.69, 9.17) is 5.73 Å². The van der Waals surface area contributed by atoms with Crippen LogP contribution in [-0.2, 0) is 26.8 Å². The van der Waals surface area contributed by atoms with E-state index in [0.29, 0.717) is 19.5 Å². The number of amides is 2. The van der Waals surface area contributed by atoms with Crippen molar-refractivity contribution in [2.75, 3.05) is 18.8 Å². The Morgan fingerprint density at radius 1 is 1.27 bits per heavy atom. The van der Waals surface area contributed by atoms with Gasteiger partial charge in [-0.25, -0.2) is 0 Å². The minimum Gasteiger partial charge on any atom is -0.369 e. The molecule has 1 saturated heterocycles. The number of nitrogens with two attached hydrogens (primary N) is 1. The number of nitrogens with zero attached hydrogens (tertiary/aromatic N) is 1. The number of aryl methyl sites for hydroxylation is 1. The van der Waals surface area contributed by atoms with Crippen LogP contribution in [0.3, 0.4) is 0 Å². The van der Waals surface area contributed by atoms with Gasteiger partial charge in [-0.3, -0.25) is 13.8 Å². The van der Waals surface area contributed by atoms with Crippen LogP contribution in [0.25, 0.3) is 0 Å². The van der Waals surface area contributed by atoms with Crippen LogP contribution in [0.15, 0.2) is 24.3 Å². The fourth-order valence-corrected chi connectivity index (χ4v) is 4.84. The van der Waals surface area contributed by atoms with Crippen molar-refractivity contribution >= 4 is 22.6 Å². The molecule has 2 aliphatic rings. The highest BCUT2D eigenvalue weighted by Gasteiger charge is 2.33. The van der Waals surface area contributed by atoms with Crippen LogP contribution < -0.4 is 5.73 Å². The first-order chi connectivity index (χ1) is 10.6. The molecule has 0 spiro atoms. The predicted molar refractivity (Wildman–Crippen MR) is 84.4 cm³/mol. The summed E-state index contributed by atoms with van der Waals surface area (Å²) in [5.74, 6) is -0.720. The molecule has 1 fully saturated rings. The molecule has 0 saturated carbocycles. The third-order valence-electron chi connectivity index (χ3n) is 4.60. The van der Waals surface area contributed by atoms with E-state index in [1.165, 1.54) is 5.56 Å². The van der Waals surface area contributed by atoms with E-state index in [-0.39, 0.29) is 28.7 Å². The second kappa shape index (κ2) is 6.20. The second-order valence-corrected chi connectivity index (χ2v) is 7.60. The van der Waals surface area contributed by atoms with E-state index in [1.54, 1.807) is 4.90 Å². The van der Waals surface area contributed by atoms with Crippen molar-refractivity contribution in [3.05, 3.63) is 35.4 Å². The monoisotopic (exact) mass is 320 g/mol. The fourth-order valence-electron chi connectivity index (χ4n) is 3.32. The summed E-state index contributed by atoms with van der Waals surface area (Å²) < 4.78 is 12.6. The molecule has 1 aromatic rings. The summed E-state index contributed by atoms with van der Waals surface area (Å²) in [5.41, 5.74) is 7.63. The van der Waals surface area contributed by atoms with Crippen LogP contribution in [0.4, 0.5) is 0 Å². The molecule has 0 aromatic heterocycles. The zero-order valence-corrected chi connectivity index (χ0v) is 13.2. The molecule has 3 atom stereocenters. The standard InChI is InChI=1S/C16H20N2O3S/c17-16(20)12-7-8-18(9-12)15(19)10-22(21)14-6-5-11-3-1-2-4-13(11)14/h1-4,12,14H,5-10H2,(H2,17,20). The topological polar surface area (TPSA) is 80.5 Å². The molecule has 2 N–H and O–H groups in total. The number of carbonyl (C=O) groups excluding carboxylic acids is 2. The number of rotatable bonds is 4. The third-order valence-corrected chi connectivity index (χ3v) is 6.26. The van der Waals surface area contributed by atoms with Gasteiger partial charge in [-0.2, -0.15) is 0 Å². The van der Waals surface area contributed by atoms with Gasteiger partial charge in [0.2, 0.25) is 11.8 Å². The molecule has 3 unspecified atom stereocenters. The van der Waals surface area contributed by atoms with Crippen molar-refractivity contribution in [3.63, 3.8) is 0 Å². The first kappa shape index (κ1) is 15.2. The first-order valence-electron chi connectivity index (χ1n) is 7.58. The normalized spacial score (nSPS) is 25.0. The lowest BCUT2D eigenvalue weighted by atomic mass is 10.1. The van der Waals surface area contributed by atoms with Gasteiger partial charge in [0.25, 0.3) is 0 Å². The van der Waals surface area contributed by atoms with Gasteiger partial charge in [0.1, 0.15) is 5.75 Å². The lowest BCUT2D eigenvalue weighted by Crippen LogP contribution is -2.35. The number of primary amides is 1. The summed E-state index contributed by atoms with van der Waals surface area (Å²) in [6, 6.07) is 8.01. The van der Waals surface area contributed by atoms with Crippen molar-refractivity contribution in [1.29, 1.82) is 0 Å². The number of hydrogen-bond donors (Lipinski definition) is 1. The maximum absolute atomic E-state index is 12.6. The van der Waals surface area contributed by atoms with Gasteiger partial charge in [-0.15, -0.1) is 0 Å². The van der Waals surface area contributed by atoms with Gasteiger partial charge in [0.15, 0.2) is 0 Å². The smallest absolute Gasteiger partial charge is 0.235 e. The van der Waals surface area contributed by atoms with Gasteiger partial charge >= 0.3 is 0 Å². The molecule has 2 amide bonds. The van der Waals surface area contributed by atoms with Crippen LogP contribution in [0, 0.1) is 5.92 Å². The maximum Gasteiger partial charge on any atom is 0.235 e. The highest BCUT2D eigenvalue weighted by Crippen LogP contribution is 2.35. The highest BCUT2D eigenvalue weighted by atomic mass is 32.2. The van der Waals surface area contributed by atoms with Crippen molar-refractivity contribution in [2.24, 2.45) is 11.7 Å². The van der Waals surface area contributed by atoms with Crippen LogP contribution in [0.2, 0.25) is 0 Å². The minimum atomic E-state index is -1.21. The Hall–Kier alpha value is -1.69. The van der Waals surface area contributed by atoms with Gasteiger partial charge < -0.3 is 10.6 Å². The Bertz CT molecular complexity index is 632. The lowest BCUT2D eigenvalue weighted by Gasteiger charge is -2.17. The Labute approximate surface area is 132 Å². The summed E-state index contributed by atoms with van der Waals surface area (Å²) >= 11 is 0. The fraction of sp³-hybridized carbons (Fsp3) is 0.500. The van der Waals surface area contributed by atoms with E-state index in [9.17, 15) is 13.8 Å². The van der Waals surface area contributed by atoms with Gasteiger partial charge in [0, 0.05) is 23.9 Å². The Morgan fingerprint density at radius 2 is 2.05 bits per heavy atom. The molecular weight excluding hydrogens is 300 g/mol. The Balaban J connectivity index is 1.61. The Kier molecular flexibility index (Phi) is 4.29. The molecule has 22 heavy (non-hydrogen) atoms. The SMILES string of the molecule is NC(=O)C1CCN(C(=O)CS(=O)C2CCc3ccccc32)C1. The molecule has 6 heteroatoms. The zero-order chi connectivity index (χ0) is 15.7. The molecular formula is C16H20N2O3S. The number of likely N-dealkylation sites (tertiary alicyclic amines) is 1. The summed E-state index contributed by atoms with van der Waals surface area (Å²) in [4.78, 5) is 25.1. The van der Waals surface area contributed by atoms with E-state index < -0.39 is 10.8 Å². The minimum absolute atomic E-state index is 0.0322. The molecule has 1 heterocycles. The molecule has 5 nitrogen and oxygen atoms in total. The first-order valence-corrected chi connectivity index (χ1v) is 8.96. The average molecular weight is 320 g/mol. The second-order valence-electron chi connectivity index (χ2n) is 5.98. The quantitative estimate of drug-likeness (QED) is 0.889. The Morgan fingerprint density at radius 3 is 2.77 bits per heavy atom. The molecule has 1 aromatic carbocycles. The lowest BCUT2D eigenvalue weighted by molar-refractivity contribution is -0.127.